The number of anilines is 1. The van der Waals surface area contributed by atoms with E-state index >= 15 is 0 Å². The number of halogens is 1. The van der Waals surface area contributed by atoms with Crippen LogP contribution >= 0.6 is 11.6 Å². The first kappa shape index (κ1) is 30.8. The molecule has 212 valence electrons. The number of rotatable bonds is 12. The van der Waals surface area contributed by atoms with Crippen LogP contribution in [0.2, 0.25) is 5.02 Å². The summed E-state index contributed by atoms with van der Waals surface area (Å²) in [6, 6.07) is 21.2. The topological polar surface area (TPSA) is 104 Å². The van der Waals surface area contributed by atoms with Crippen molar-refractivity contribution < 1.29 is 22.8 Å². The number of carbonyl (C=O) groups excluding carboxylic acids is 3. The van der Waals surface area contributed by atoms with Crippen LogP contribution in [0.15, 0.2) is 78.9 Å². The first-order valence-corrected chi connectivity index (χ1v) is 15.0. The fourth-order valence-corrected chi connectivity index (χ4v) is 5.18. The lowest BCUT2D eigenvalue weighted by molar-refractivity contribution is -0.140. The van der Waals surface area contributed by atoms with Crippen molar-refractivity contribution in [2.75, 3.05) is 17.1 Å². The number of nitrogens with one attached hydrogen (secondary N) is 1. The lowest BCUT2D eigenvalue weighted by atomic mass is 10.0. The van der Waals surface area contributed by atoms with Gasteiger partial charge in [-0.2, -0.15) is 0 Å². The highest BCUT2D eigenvalue weighted by Gasteiger charge is 2.33. The van der Waals surface area contributed by atoms with Gasteiger partial charge in [0.25, 0.3) is 0 Å². The zero-order valence-electron chi connectivity index (χ0n) is 23.0. The van der Waals surface area contributed by atoms with E-state index in [9.17, 15) is 22.8 Å². The summed E-state index contributed by atoms with van der Waals surface area (Å²) in [6.07, 6.45) is 1.22. The van der Waals surface area contributed by atoms with Crippen LogP contribution in [0.5, 0.6) is 0 Å². The highest BCUT2D eigenvalue weighted by Crippen LogP contribution is 2.22. The summed E-state index contributed by atoms with van der Waals surface area (Å²) in [6.45, 7) is 4.52. The van der Waals surface area contributed by atoms with Crippen molar-refractivity contribution in [3.05, 3.63) is 101 Å². The van der Waals surface area contributed by atoms with Crippen LogP contribution in [0.1, 0.15) is 42.3 Å². The maximum atomic E-state index is 14.0. The molecule has 0 radical (unpaired) electrons. The molecule has 3 aromatic carbocycles. The van der Waals surface area contributed by atoms with E-state index in [2.05, 4.69) is 5.32 Å². The average Bonchev–Trinajstić information content (AvgIpc) is 2.89. The van der Waals surface area contributed by atoms with Crippen molar-refractivity contribution in [3.8, 4) is 0 Å². The second-order valence-corrected chi connectivity index (χ2v) is 12.2. The summed E-state index contributed by atoms with van der Waals surface area (Å²) in [5.74, 6) is -1.17. The molecule has 0 aromatic heterocycles. The SMILES string of the molecule is CC(=O)c1cccc(N(CC(=O)N(Cc2ccc(Cl)cc2)[C@H](Cc2ccccc2)C(=O)NC(C)C)S(C)(=O)=O)c1. The van der Waals surface area contributed by atoms with E-state index in [4.69, 9.17) is 11.6 Å². The van der Waals surface area contributed by atoms with Gasteiger partial charge in [0.15, 0.2) is 5.78 Å². The smallest absolute Gasteiger partial charge is 0.244 e. The Morgan fingerprint density at radius 1 is 0.900 bits per heavy atom. The normalized spacial score (nSPS) is 12.1. The summed E-state index contributed by atoms with van der Waals surface area (Å²) < 4.78 is 26.7. The lowest BCUT2D eigenvalue weighted by Gasteiger charge is -2.34. The van der Waals surface area contributed by atoms with Crippen LogP contribution in [0, 0.1) is 0 Å². The van der Waals surface area contributed by atoms with Gasteiger partial charge in [-0.1, -0.05) is 66.2 Å². The highest BCUT2D eigenvalue weighted by atomic mass is 35.5. The van der Waals surface area contributed by atoms with E-state index in [0.717, 1.165) is 21.7 Å². The lowest BCUT2D eigenvalue weighted by Crippen LogP contribution is -2.54. The van der Waals surface area contributed by atoms with E-state index in [1.807, 2.05) is 44.2 Å². The Labute approximate surface area is 241 Å². The maximum absolute atomic E-state index is 14.0. The Morgan fingerprint density at radius 3 is 2.12 bits per heavy atom. The molecule has 0 fully saturated rings. The number of Topliss-reactive ketones (excluding diaryl/α,β-unsaturated/α-hetero) is 1. The molecule has 1 atom stereocenters. The van der Waals surface area contributed by atoms with Gasteiger partial charge in [0, 0.05) is 29.6 Å². The Balaban J connectivity index is 2.07. The van der Waals surface area contributed by atoms with Gasteiger partial charge in [-0.3, -0.25) is 18.7 Å². The highest BCUT2D eigenvalue weighted by molar-refractivity contribution is 7.92. The number of carbonyl (C=O) groups is 3. The molecule has 0 saturated carbocycles. The number of benzene rings is 3. The quantitative estimate of drug-likeness (QED) is 0.317. The number of sulfonamides is 1. The number of hydrogen-bond acceptors (Lipinski definition) is 5. The second-order valence-electron chi connectivity index (χ2n) is 9.89. The van der Waals surface area contributed by atoms with Gasteiger partial charge in [-0.05, 0) is 56.2 Å². The van der Waals surface area contributed by atoms with Crippen molar-refractivity contribution in [2.45, 2.75) is 45.8 Å². The molecule has 40 heavy (non-hydrogen) atoms. The third kappa shape index (κ3) is 8.66. The molecular weight excluding hydrogens is 550 g/mol. The minimum atomic E-state index is -3.93. The van der Waals surface area contributed by atoms with Crippen LogP contribution in [0.3, 0.4) is 0 Å². The van der Waals surface area contributed by atoms with Crippen molar-refractivity contribution in [3.63, 3.8) is 0 Å². The number of nitrogens with zero attached hydrogens (tertiary/aromatic N) is 2. The third-order valence-electron chi connectivity index (χ3n) is 6.19. The van der Waals surface area contributed by atoms with Gasteiger partial charge in [0.05, 0.1) is 11.9 Å². The van der Waals surface area contributed by atoms with E-state index in [0.29, 0.717) is 10.6 Å². The molecule has 0 heterocycles. The molecule has 1 N–H and O–H groups in total. The van der Waals surface area contributed by atoms with Gasteiger partial charge in [-0.25, -0.2) is 8.42 Å². The van der Waals surface area contributed by atoms with Crippen molar-refractivity contribution in [2.24, 2.45) is 0 Å². The van der Waals surface area contributed by atoms with Gasteiger partial charge < -0.3 is 10.2 Å². The van der Waals surface area contributed by atoms with E-state index in [1.165, 1.54) is 24.0 Å². The van der Waals surface area contributed by atoms with Gasteiger partial charge in [-0.15, -0.1) is 0 Å². The summed E-state index contributed by atoms with van der Waals surface area (Å²) in [4.78, 5) is 40.9. The predicted octanol–water partition coefficient (Wildman–Crippen LogP) is 4.47. The van der Waals surface area contributed by atoms with Crippen LogP contribution in [0.4, 0.5) is 5.69 Å². The minimum Gasteiger partial charge on any atom is -0.352 e. The minimum absolute atomic E-state index is 0.0457. The van der Waals surface area contributed by atoms with E-state index in [-0.39, 0.29) is 36.4 Å². The fourth-order valence-electron chi connectivity index (χ4n) is 4.21. The molecule has 0 aliphatic carbocycles. The summed E-state index contributed by atoms with van der Waals surface area (Å²) >= 11 is 6.07. The van der Waals surface area contributed by atoms with Crippen molar-refractivity contribution in [1.29, 1.82) is 0 Å². The van der Waals surface area contributed by atoms with Gasteiger partial charge in [0.2, 0.25) is 21.8 Å². The summed E-state index contributed by atoms with van der Waals surface area (Å²) in [5.41, 5.74) is 2.06. The molecule has 0 spiro atoms. The largest absolute Gasteiger partial charge is 0.352 e. The molecule has 3 rings (SSSR count). The summed E-state index contributed by atoms with van der Waals surface area (Å²) in [7, 11) is -3.93. The second kappa shape index (κ2) is 13.6. The van der Waals surface area contributed by atoms with Crippen LogP contribution in [0.25, 0.3) is 0 Å². The first-order chi connectivity index (χ1) is 18.8. The fraction of sp³-hybridized carbons (Fsp3) is 0.300. The monoisotopic (exact) mass is 583 g/mol. The number of hydrogen-bond donors (Lipinski definition) is 1. The van der Waals surface area contributed by atoms with Crippen LogP contribution in [-0.2, 0) is 32.6 Å². The first-order valence-electron chi connectivity index (χ1n) is 12.8. The Kier molecular flexibility index (Phi) is 10.5. The molecule has 0 saturated heterocycles. The van der Waals surface area contributed by atoms with E-state index in [1.54, 1.807) is 36.4 Å². The van der Waals surface area contributed by atoms with Crippen molar-refractivity contribution in [1.82, 2.24) is 10.2 Å². The number of amides is 2. The Morgan fingerprint density at radius 2 is 1.55 bits per heavy atom. The molecule has 3 aromatic rings. The van der Waals surface area contributed by atoms with Gasteiger partial charge >= 0.3 is 0 Å². The molecular formula is C30H34ClN3O5S. The molecule has 0 aliphatic heterocycles. The zero-order chi connectivity index (χ0) is 29.4. The van der Waals surface area contributed by atoms with Crippen LogP contribution < -0.4 is 9.62 Å². The molecule has 8 nitrogen and oxygen atoms in total. The Hall–Kier alpha value is -3.69. The van der Waals surface area contributed by atoms with Crippen molar-refractivity contribution >= 4 is 44.9 Å². The summed E-state index contributed by atoms with van der Waals surface area (Å²) in [5, 5.41) is 3.43. The average molecular weight is 584 g/mol. The van der Waals surface area contributed by atoms with E-state index < -0.39 is 28.5 Å². The van der Waals surface area contributed by atoms with Gasteiger partial charge in [0.1, 0.15) is 12.6 Å². The number of ketones is 1. The molecule has 2 amide bonds. The standard InChI is InChI=1S/C30H34ClN3O5S/c1-21(2)32-30(37)28(17-23-9-6-5-7-10-23)33(19-24-13-15-26(31)16-14-24)29(36)20-34(40(4,38)39)27-12-8-11-25(18-27)22(3)35/h5-16,18,21,28H,17,19-20H2,1-4H3,(H,32,37)/t28-/m1/s1. The zero-order valence-corrected chi connectivity index (χ0v) is 24.6. The molecule has 0 unspecified atom stereocenters. The predicted molar refractivity (Wildman–Crippen MR) is 158 cm³/mol. The molecule has 0 bridgehead atoms. The Bertz CT molecular complexity index is 1440. The molecule has 10 heteroatoms. The maximum Gasteiger partial charge on any atom is 0.244 e. The third-order valence-corrected chi connectivity index (χ3v) is 7.58. The van der Waals surface area contributed by atoms with Crippen LogP contribution in [-0.4, -0.2) is 55.8 Å². The molecule has 0 aliphatic rings.